The van der Waals surface area contributed by atoms with Crippen molar-refractivity contribution in [3.63, 3.8) is 0 Å². The van der Waals surface area contributed by atoms with Gasteiger partial charge in [0.25, 0.3) is 0 Å². The lowest BCUT2D eigenvalue weighted by Crippen LogP contribution is -1.97. The summed E-state index contributed by atoms with van der Waals surface area (Å²) >= 11 is 0. The van der Waals surface area contributed by atoms with Crippen molar-refractivity contribution in [2.75, 3.05) is 13.2 Å². The number of ether oxygens (including phenoxy) is 2. The molecule has 0 aliphatic carbocycles. The van der Waals surface area contributed by atoms with Gasteiger partial charge < -0.3 is 14.6 Å². The monoisotopic (exact) mass is 234 g/mol. The van der Waals surface area contributed by atoms with Gasteiger partial charge in [0.15, 0.2) is 6.29 Å². The summed E-state index contributed by atoms with van der Waals surface area (Å²) in [5.74, 6) is -0.828. The lowest BCUT2D eigenvalue weighted by Gasteiger charge is -2.08. The fourth-order valence-corrected chi connectivity index (χ4v) is 1.61. The number of aliphatic carboxylic acids is 1. The van der Waals surface area contributed by atoms with Crippen molar-refractivity contribution in [1.82, 2.24) is 0 Å². The molecule has 0 atom stereocenters. The van der Waals surface area contributed by atoms with Crippen LogP contribution in [0.4, 0.5) is 0 Å². The van der Waals surface area contributed by atoms with Gasteiger partial charge in [-0.3, -0.25) is 4.79 Å². The lowest BCUT2D eigenvalue weighted by atomic mass is 10.1. The van der Waals surface area contributed by atoms with Crippen molar-refractivity contribution < 1.29 is 19.4 Å². The Morgan fingerprint density at radius 3 is 2.53 bits per heavy atom. The molecule has 0 unspecified atom stereocenters. The molecule has 1 aliphatic rings. The van der Waals surface area contributed by atoms with Gasteiger partial charge in [0.2, 0.25) is 0 Å². The fraction of sp³-hybridized carbons (Fsp3) is 0.308. The molecule has 1 aliphatic heterocycles. The van der Waals surface area contributed by atoms with E-state index in [2.05, 4.69) is 0 Å². The zero-order chi connectivity index (χ0) is 12.1. The molecule has 17 heavy (non-hydrogen) atoms. The topological polar surface area (TPSA) is 55.8 Å². The number of hydrogen-bond acceptors (Lipinski definition) is 3. The van der Waals surface area contributed by atoms with Gasteiger partial charge in [-0.05, 0) is 5.56 Å². The van der Waals surface area contributed by atoms with Crippen molar-refractivity contribution in [2.24, 2.45) is 0 Å². The number of rotatable bonds is 4. The first-order valence-corrected chi connectivity index (χ1v) is 5.47. The van der Waals surface area contributed by atoms with Crippen molar-refractivity contribution in [3.8, 4) is 0 Å². The molecule has 2 rings (SSSR count). The second-order valence-corrected chi connectivity index (χ2v) is 3.74. The maximum atomic E-state index is 10.3. The van der Waals surface area contributed by atoms with Crippen LogP contribution in [0.25, 0.3) is 6.08 Å². The van der Waals surface area contributed by atoms with Gasteiger partial charge >= 0.3 is 5.97 Å². The molecule has 1 fully saturated rings. The van der Waals surface area contributed by atoms with E-state index in [1.54, 1.807) is 12.2 Å². The molecule has 0 aromatic heterocycles. The summed E-state index contributed by atoms with van der Waals surface area (Å²) < 4.78 is 10.7. The first-order valence-electron chi connectivity index (χ1n) is 5.47. The highest BCUT2D eigenvalue weighted by Gasteiger charge is 2.17. The van der Waals surface area contributed by atoms with Crippen LogP contribution in [-0.4, -0.2) is 24.3 Å². The average molecular weight is 234 g/mol. The van der Waals surface area contributed by atoms with Crippen LogP contribution in [0.3, 0.4) is 0 Å². The largest absolute Gasteiger partial charge is 0.481 e. The minimum absolute atomic E-state index is 0.0383. The van der Waals surface area contributed by atoms with Crippen LogP contribution in [0.15, 0.2) is 30.3 Å². The number of hydrogen-bond donors (Lipinski definition) is 1. The molecule has 1 saturated heterocycles. The van der Waals surface area contributed by atoms with Crippen LogP contribution >= 0.6 is 0 Å². The summed E-state index contributed by atoms with van der Waals surface area (Å²) in [5.41, 5.74) is 1.95. The molecule has 1 aromatic carbocycles. The van der Waals surface area contributed by atoms with E-state index in [1.165, 1.54) is 0 Å². The van der Waals surface area contributed by atoms with Gasteiger partial charge in [-0.15, -0.1) is 0 Å². The number of carboxylic acid groups (broad SMARTS) is 1. The van der Waals surface area contributed by atoms with Gasteiger partial charge in [-0.1, -0.05) is 36.4 Å². The van der Waals surface area contributed by atoms with Crippen LogP contribution in [0.2, 0.25) is 0 Å². The highest BCUT2D eigenvalue weighted by molar-refractivity contribution is 5.70. The van der Waals surface area contributed by atoms with Gasteiger partial charge in [-0.25, -0.2) is 0 Å². The Bertz CT molecular complexity index is 402. The third-order valence-electron chi connectivity index (χ3n) is 2.43. The highest BCUT2D eigenvalue weighted by atomic mass is 16.7. The van der Waals surface area contributed by atoms with E-state index < -0.39 is 5.97 Å². The molecule has 0 saturated carbocycles. The predicted octanol–water partition coefficient (Wildman–Crippen LogP) is 2.22. The Balaban J connectivity index is 1.97. The van der Waals surface area contributed by atoms with E-state index in [9.17, 15) is 4.79 Å². The van der Waals surface area contributed by atoms with Crippen molar-refractivity contribution in [2.45, 2.75) is 12.7 Å². The second-order valence-electron chi connectivity index (χ2n) is 3.74. The molecule has 4 nitrogen and oxygen atoms in total. The summed E-state index contributed by atoms with van der Waals surface area (Å²) in [6.07, 6.45) is 3.19. The highest BCUT2D eigenvalue weighted by Crippen LogP contribution is 2.23. The summed E-state index contributed by atoms with van der Waals surface area (Å²) in [5, 5.41) is 8.49. The third-order valence-corrected chi connectivity index (χ3v) is 2.43. The van der Waals surface area contributed by atoms with E-state index in [4.69, 9.17) is 14.6 Å². The van der Waals surface area contributed by atoms with Crippen LogP contribution in [0.1, 0.15) is 23.8 Å². The smallest absolute Gasteiger partial charge is 0.307 e. The number of benzene rings is 1. The second kappa shape index (κ2) is 5.61. The Hall–Kier alpha value is -1.65. The molecule has 0 amide bonds. The van der Waals surface area contributed by atoms with E-state index in [1.807, 2.05) is 24.3 Å². The average Bonchev–Trinajstić information content (AvgIpc) is 2.83. The van der Waals surface area contributed by atoms with Gasteiger partial charge in [-0.2, -0.15) is 0 Å². The lowest BCUT2D eigenvalue weighted by molar-refractivity contribution is -0.135. The summed E-state index contributed by atoms with van der Waals surface area (Å²) in [6, 6.07) is 7.68. The van der Waals surface area contributed by atoms with Crippen molar-refractivity contribution in [1.29, 1.82) is 0 Å². The molecule has 0 bridgehead atoms. The first-order chi connectivity index (χ1) is 8.25. The Morgan fingerprint density at radius 2 is 1.94 bits per heavy atom. The van der Waals surface area contributed by atoms with Crippen molar-refractivity contribution >= 4 is 12.0 Å². The van der Waals surface area contributed by atoms with Gasteiger partial charge in [0, 0.05) is 5.56 Å². The zero-order valence-corrected chi connectivity index (χ0v) is 9.33. The summed E-state index contributed by atoms with van der Waals surface area (Å²) in [7, 11) is 0. The van der Waals surface area contributed by atoms with Crippen LogP contribution in [0, 0.1) is 0 Å². The van der Waals surface area contributed by atoms with Crippen LogP contribution < -0.4 is 0 Å². The Kier molecular flexibility index (Phi) is 3.90. The summed E-state index contributed by atoms with van der Waals surface area (Å²) in [6.45, 7) is 1.26. The quantitative estimate of drug-likeness (QED) is 0.867. The minimum Gasteiger partial charge on any atom is -0.481 e. The third kappa shape index (κ3) is 3.41. The molecule has 1 aromatic rings. The molecular weight excluding hydrogens is 220 g/mol. The molecule has 1 heterocycles. The standard InChI is InChI=1S/C13H14O4/c14-12(15)3-1-2-10-4-6-11(7-5-10)13-16-8-9-17-13/h1-2,4-7,13H,3,8-9H2,(H,14,15). The SMILES string of the molecule is O=C(O)CC=Cc1ccc(C2OCCO2)cc1. The summed E-state index contributed by atoms with van der Waals surface area (Å²) in [4.78, 5) is 10.3. The van der Waals surface area contributed by atoms with Crippen molar-refractivity contribution in [3.05, 3.63) is 41.5 Å². The number of carbonyl (C=O) groups is 1. The predicted molar refractivity (Wildman–Crippen MR) is 62.4 cm³/mol. The van der Waals surface area contributed by atoms with Crippen LogP contribution in [0.5, 0.6) is 0 Å². The maximum Gasteiger partial charge on any atom is 0.307 e. The van der Waals surface area contributed by atoms with Gasteiger partial charge in [0.1, 0.15) is 0 Å². The van der Waals surface area contributed by atoms with Gasteiger partial charge in [0.05, 0.1) is 19.6 Å². The van der Waals surface area contributed by atoms with Crippen LogP contribution in [-0.2, 0) is 14.3 Å². The van der Waals surface area contributed by atoms with E-state index in [0.29, 0.717) is 13.2 Å². The molecule has 4 heteroatoms. The fourth-order valence-electron chi connectivity index (χ4n) is 1.61. The van der Waals surface area contributed by atoms with E-state index in [-0.39, 0.29) is 12.7 Å². The molecule has 90 valence electrons. The first kappa shape index (κ1) is 11.8. The normalized spacial score (nSPS) is 16.7. The molecule has 1 N–H and O–H groups in total. The molecule has 0 spiro atoms. The Labute approximate surface area is 99.5 Å². The zero-order valence-electron chi connectivity index (χ0n) is 9.33. The maximum absolute atomic E-state index is 10.3. The van der Waals surface area contributed by atoms with E-state index in [0.717, 1.165) is 11.1 Å². The minimum atomic E-state index is -0.828. The van der Waals surface area contributed by atoms with E-state index >= 15 is 0 Å². The number of carboxylic acids is 1. The Morgan fingerprint density at radius 1 is 1.29 bits per heavy atom. The molecule has 0 radical (unpaired) electrons. The molecular formula is C13H14O4.